The summed E-state index contributed by atoms with van der Waals surface area (Å²) in [5.74, 6) is -1.08. The van der Waals surface area contributed by atoms with E-state index in [1.807, 2.05) is 6.07 Å². The van der Waals surface area contributed by atoms with Gasteiger partial charge in [-0.3, -0.25) is 9.89 Å². The van der Waals surface area contributed by atoms with E-state index >= 15 is 0 Å². The van der Waals surface area contributed by atoms with Gasteiger partial charge in [-0.1, -0.05) is 12.1 Å². The molecule has 0 radical (unpaired) electrons. The van der Waals surface area contributed by atoms with Crippen LogP contribution in [0.15, 0.2) is 18.2 Å². The molecular weight excluding hydrogens is 298 g/mol. The Kier molecular flexibility index (Phi) is 3.77. The van der Waals surface area contributed by atoms with E-state index in [-0.39, 0.29) is 0 Å². The SMILES string of the molecule is Cc1n[nH]c(C)c1[C@@H](NC(=O)c1cccc2c1OCC2)C(=O)O. The topological polar surface area (TPSA) is 104 Å². The third-order valence-electron chi connectivity index (χ3n) is 3.96. The summed E-state index contributed by atoms with van der Waals surface area (Å²) in [7, 11) is 0. The van der Waals surface area contributed by atoms with Crippen LogP contribution in [-0.2, 0) is 11.2 Å². The number of para-hydroxylation sites is 1. The van der Waals surface area contributed by atoms with Gasteiger partial charge in [0.25, 0.3) is 5.91 Å². The first-order chi connectivity index (χ1) is 11.0. The normalized spacial score (nSPS) is 14.0. The Morgan fingerprint density at radius 1 is 1.39 bits per heavy atom. The Labute approximate surface area is 132 Å². The lowest BCUT2D eigenvalue weighted by molar-refractivity contribution is -0.139. The first-order valence-corrected chi connectivity index (χ1v) is 7.29. The van der Waals surface area contributed by atoms with E-state index in [2.05, 4.69) is 15.5 Å². The first kappa shape index (κ1) is 15.1. The number of carbonyl (C=O) groups is 2. The molecular formula is C16H17N3O4. The van der Waals surface area contributed by atoms with Crippen LogP contribution in [0, 0.1) is 13.8 Å². The maximum Gasteiger partial charge on any atom is 0.331 e. The summed E-state index contributed by atoms with van der Waals surface area (Å²) in [6.07, 6.45) is 0.749. The molecule has 1 atom stereocenters. The summed E-state index contributed by atoms with van der Waals surface area (Å²) in [4.78, 5) is 24.2. The zero-order valence-electron chi connectivity index (χ0n) is 12.8. The number of aromatic amines is 1. The van der Waals surface area contributed by atoms with E-state index in [1.54, 1.807) is 26.0 Å². The Morgan fingerprint density at radius 2 is 2.17 bits per heavy atom. The molecule has 0 spiro atoms. The summed E-state index contributed by atoms with van der Waals surface area (Å²) in [5, 5.41) is 18.8. The van der Waals surface area contributed by atoms with Crippen LogP contribution in [0.2, 0.25) is 0 Å². The second-order valence-corrected chi connectivity index (χ2v) is 5.48. The lowest BCUT2D eigenvalue weighted by Gasteiger charge is -2.16. The number of fused-ring (bicyclic) bond motifs is 1. The Balaban J connectivity index is 1.92. The van der Waals surface area contributed by atoms with Gasteiger partial charge in [-0.05, 0) is 25.5 Å². The lowest BCUT2D eigenvalue weighted by Crippen LogP contribution is -2.34. The number of carboxylic acids is 1. The number of ether oxygens (including phenoxy) is 1. The largest absolute Gasteiger partial charge is 0.492 e. The smallest absolute Gasteiger partial charge is 0.331 e. The average Bonchev–Trinajstić information content (AvgIpc) is 3.11. The van der Waals surface area contributed by atoms with Gasteiger partial charge in [0, 0.05) is 17.7 Å². The molecule has 1 aliphatic rings. The van der Waals surface area contributed by atoms with Crippen molar-refractivity contribution in [3.8, 4) is 5.75 Å². The minimum Gasteiger partial charge on any atom is -0.492 e. The van der Waals surface area contributed by atoms with E-state index < -0.39 is 17.9 Å². The second kappa shape index (κ2) is 5.75. The number of benzene rings is 1. The zero-order valence-corrected chi connectivity index (χ0v) is 12.8. The van der Waals surface area contributed by atoms with Crippen LogP contribution >= 0.6 is 0 Å². The van der Waals surface area contributed by atoms with Crippen molar-refractivity contribution in [2.24, 2.45) is 0 Å². The van der Waals surface area contributed by atoms with E-state index in [0.717, 1.165) is 12.0 Å². The Bertz CT molecular complexity index is 762. The van der Waals surface area contributed by atoms with Gasteiger partial charge in [0.05, 0.1) is 17.9 Å². The van der Waals surface area contributed by atoms with Crippen molar-refractivity contribution in [2.45, 2.75) is 26.3 Å². The quantitative estimate of drug-likeness (QED) is 0.793. The van der Waals surface area contributed by atoms with Crippen molar-refractivity contribution in [1.82, 2.24) is 15.5 Å². The van der Waals surface area contributed by atoms with Gasteiger partial charge >= 0.3 is 5.97 Å². The molecule has 2 aromatic rings. The minimum atomic E-state index is -1.17. The number of carboxylic acid groups (broad SMARTS) is 1. The van der Waals surface area contributed by atoms with Gasteiger partial charge < -0.3 is 15.2 Å². The molecule has 120 valence electrons. The van der Waals surface area contributed by atoms with Gasteiger partial charge in [-0.25, -0.2) is 4.79 Å². The number of aryl methyl sites for hydroxylation is 2. The summed E-state index contributed by atoms with van der Waals surface area (Å²) in [6.45, 7) is 3.95. The molecule has 0 aliphatic carbocycles. The highest BCUT2D eigenvalue weighted by atomic mass is 16.5. The van der Waals surface area contributed by atoms with Crippen LogP contribution in [0.3, 0.4) is 0 Å². The lowest BCUT2D eigenvalue weighted by atomic mass is 10.0. The monoisotopic (exact) mass is 315 g/mol. The predicted molar refractivity (Wildman–Crippen MR) is 81.5 cm³/mol. The van der Waals surface area contributed by atoms with Crippen LogP contribution in [0.5, 0.6) is 5.75 Å². The van der Waals surface area contributed by atoms with E-state index in [4.69, 9.17) is 4.74 Å². The highest BCUT2D eigenvalue weighted by Crippen LogP contribution is 2.30. The number of aliphatic carboxylic acids is 1. The molecule has 1 aliphatic heterocycles. The van der Waals surface area contributed by atoms with Crippen molar-refractivity contribution in [2.75, 3.05) is 6.61 Å². The molecule has 0 saturated heterocycles. The zero-order chi connectivity index (χ0) is 16.6. The van der Waals surface area contributed by atoms with Crippen molar-refractivity contribution < 1.29 is 19.4 Å². The van der Waals surface area contributed by atoms with Crippen LogP contribution in [-0.4, -0.2) is 33.8 Å². The fourth-order valence-corrected chi connectivity index (χ4v) is 2.85. The molecule has 3 N–H and O–H groups in total. The first-order valence-electron chi connectivity index (χ1n) is 7.29. The van der Waals surface area contributed by atoms with Gasteiger partial charge in [0.1, 0.15) is 5.75 Å². The molecule has 23 heavy (non-hydrogen) atoms. The fourth-order valence-electron chi connectivity index (χ4n) is 2.85. The maximum absolute atomic E-state index is 12.6. The van der Waals surface area contributed by atoms with Gasteiger partial charge in [0.2, 0.25) is 0 Å². The number of hydrogen-bond acceptors (Lipinski definition) is 4. The van der Waals surface area contributed by atoms with E-state index in [1.165, 1.54) is 0 Å². The van der Waals surface area contributed by atoms with E-state index in [0.29, 0.717) is 34.9 Å². The molecule has 1 amide bonds. The molecule has 0 bridgehead atoms. The number of nitrogens with one attached hydrogen (secondary N) is 2. The number of carbonyl (C=O) groups excluding carboxylic acids is 1. The highest BCUT2D eigenvalue weighted by molar-refractivity contribution is 5.99. The van der Waals surface area contributed by atoms with Crippen LogP contribution in [0.25, 0.3) is 0 Å². The molecule has 0 unspecified atom stereocenters. The maximum atomic E-state index is 12.6. The standard InChI is InChI=1S/C16H17N3O4/c1-8-12(9(2)19-18-8)13(16(21)22)17-15(20)11-5-3-4-10-6-7-23-14(10)11/h3-5,13H,6-7H2,1-2H3,(H,17,20)(H,18,19)(H,21,22)/t13-/m1/s1. The summed E-state index contributed by atoms with van der Waals surface area (Å²) in [5.41, 5.74) is 2.94. The molecule has 1 aromatic heterocycles. The highest BCUT2D eigenvalue weighted by Gasteiger charge is 2.29. The van der Waals surface area contributed by atoms with E-state index in [9.17, 15) is 14.7 Å². The molecule has 0 fully saturated rings. The minimum absolute atomic E-state index is 0.352. The van der Waals surface area contributed by atoms with Gasteiger partial charge in [-0.15, -0.1) is 0 Å². The molecule has 7 nitrogen and oxygen atoms in total. The Morgan fingerprint density at radius 3 is 2.83 bits per heavy atom. The van der Waals surface area contributed by atoms with Gasteiger partial charge in [0.15, 0.2) is 6.04 Å². The summed E-state index contributed by atoms with van der Waals surface area (Å²) >= 11 is 0. The second-order valence-electron chi connectivity index (χ2n) is 5.48. The average molecular weight is 315 g/mol. The molecule has 0 saturated carbocycles. The number of H-pyrrole nitrogens is 1. The molecule has 1 aromatic carbocycles. The predicted octanol–water partition coefficient (Wildman–Crippen LogP) is 1.52. The van der Waals surface area contributed by atoms with Crippen molar-refractivity contribution in [3.63, 3.8) is 0 Å². The fraction of sp³-hybridized carbons (Fsp3) is 0.312. The van der Waals surface area contributed by atoms with Crippen LogP contribution < -0.4 is 10.1 Å². The molecule has 2 heterocycles. The van der Waals surface area contributed by atoms with Gasteiger partial charge in [-0.2, -0.15) is 5.10 Å². The molecule has 7 heteroatoms. The third-order valence-corrected chi connectivity index (χ3v) is 3.96. The van der Waals surface area contributed by atoms with Crippen LogP contribution in [0.4, 0.5) is 0 Å². The van der Waals surface area contributed by atoms with Crippen molar-refractivity contribution in [3.05, 3.63) is 46.3 Å². The number of hydrogen-bond donors (Lipinski definition) is 3. The van der Waals surface area contributed by atoms with Crippen molar-refractivity contribution >= 4 is 11.9 Å². The summed E-state index contributed by atoms with van der Waals surface area (Å²) < 4.78 is 5.50. The Hall–Kier alpha value is -2.83. The van der Waals surface area contributed by atoms with Crippen molar-refractivity contribution in [1.29, 1.82) is 0 Å². The molecule has 3 rings (SSSR count). The number of rotatable bonds is 4. The summed E-state index contributed by atoms with van der Waals surface area (Å²) in [6, 6.07) is 4.14. The third kappa shape index (κ3) is 2.65. The number of nitrogens with zero attached hydrogens (tertiary/aromatic N) is 1. The number of amides is 1. The van der Waals surface area contributed by atoms with Crippen LogP contribution in [0.1, 0.15) is 38.9 Å². The number of aromatic nitrogens is 2.